The number of furan rings is 2. The molecule has 6 aromatic rings. The molecule has 0 bridgehead atoms. The van der Waals surface area contributed by atoms with Gasteiger partial charge >= 0.3 is 316 Å². The average Bonchev–Trinajstić information content (AvgIpc) is 3.88. The first kappa shape index (κ1) is 33.9. The Bertz CT molecular complexity index is 2150. The third-order valence-corrected chi connectivity index (χ3v) is 15.8. The van der Waals surface area contributed by atoms with E-state index in [1.165, 1.54) is 55.6 Å². The second-order valence-corrected chi connectivity index (χ2v) is 21.4. The van der Waals surface area contributed by atoms with Gasteiger partial charge in [-0.3, -0.25) is 0 Å². The van der Waals surface area contributed by atoms with Crippen molar-refractivity contribution in [2.24, 2.45) is 0 Å². The van der Waals surface area contributed by atoms with Crippen LogP contribution in [0.3, 0.4) is 0 Å². The van der Waals surface area contributed by atoms with Gasteiger partial charge in [-0.2, -0.15) is 0 Å². The molecule has 0 aliphatic heterocycles. The molecular weight excluding hydrogens is 787 g/mol. The van der Waals surface area contributed by atoms with Crippen LogP contribution in [0.2, 0.25) is 0 Å². The average molecular weight is 833 g/mol. The van der Waals surface area contributed by atoms with Gasteiger partial charge in [0.1, 0.15) is 0 Å². The standard InChI is InChI=1S/2C24H23O.Hf/c2*1-16-8-15-23(25-16)22-14-13-21-19(6-5-7-20(21)22)17-9-11-18(12-10-17)24(2,3)4;/h2*5-13,15,22H,1-4H3;. The summed E-state index contributed by atoms with van der Waals surface area (Å²) in [6.45, 7) is 17.8. The van der Waals surface area contributed by atoms with Crippen LogP contribution in [0.15, 0.2) is 125 Å². The van der Waals surface area contributed by atoms with Crippen molar-refractivity contribution >= 4 is 12.2 Å². The van der Waals surface area contributed by atoms with Gasteiger partial charge in [0, 0.05) is 0 Å². The zero-order chi connectivity index (χ0) is 35.7. The summed E-state index contributed by atoms with van der Waals surface area (Å²) < 4.78 is 16.0. The molecule has 0 amide bonds. The van der Waals surface area contributed by atoms with Crippen molar-refractivity contribution in [1.82, 2.24) is 0 Å². The molecule has 0 saturated carbocycles. The molecular formula is C48H46HfO2. The van der Waals surface area contributed by atoms with Gasteiger partial charge in [-0.1, -0.05) is 0 Å². The fraction of sp³-hybridized carbons (Fsp3) is 0.250. The quantitative estimate of drug-likeness (QED) is 0.156. The van der Waals surface area contributed by atoms with Crippen molar-refractivity contribution in [2.75, 3.05) is 0 Å². The number of hydrogen-bond donors (Lipinski definition) is 0. The predicted molar refractivity (Wildman–Crippen MR) is 208 cm³/mol. The molecule has 0 radical (unpaired) electrons. The first-order chi connectivity index (χ1) is 24.3. The molecule has 2 atom stereocenters. The Labute approximate surface area is 314 Å². The third-order valence-electron chi connectivity index (χ3n) is 10.6. The summed E-state index contributed by atoms with van der Waals surface area (Å²) in [5.74, 6) is 4.26. The van der Waals surface area contributed by atoms with Crippen LogP contribution in [-0.4, -0.2) is 0 Å². The van der Waals surface area contributed by atoms with Gasteiger partial charge in [0.15, 0.2) is 0 Å². The molecule has 2 unspecified atom stereocenters. The van der Waals surface area contributed by atoms with Crippen LogP contribution in [-0.2, 0) is 33.7 Å². The van der Waals surface area contributed by atoms with E-state index in [1.807, 2.05) is 0 Å². The zero-order valence-corrected chi connectivity index (χ0v) is 34.6. The third kappa shape index (κ3) is 6.33. The monoisotopic (exact) mass is 834 g/mol. The first-order valence-electron chi connectivity index (χ1n) is 18.2. The van der Waals surface area contributed by atoms with E-state index in [2.05, 4.69) is 177 Å². The van der Waals surface area contributed by atoms with Crippen molar-refractivity contribution in [1.29, 1.82) is 0 Å². The van der Waals surface area contributed by atoms with Gasteiger partial charge < -0.3 is 0 Å². The summed E-state index contributed by atoms with van der Waals surface area (Å²) in [6, 6.07) is 40.7. The summed E-state index contributed by atoms with van der Waals surface area (Å²) in [5.41, 5.74) is 13.4. The topological polar surface area (TPSA) is 26.3 Å². The Morgan fingerprint density at radius 2 is 0.863 bits per heavy atom. The van der Waals surface area contributed by atoms with Crippen molar-refractivity contribution in [3.8, 4) is 22.3 Å². The molecule has 2 aliphatic carbocycles. The Morgan fingerprint density at radius 1 is 0.471 bits per heavy atom. The van der Waals surface area contributed by atoms with E-state index in [1.54, 1.807) is 6.66 Å². The number of hydrogen-bond acceptors (Lipinski definition) is 2. The van der Waals surface area contributed by atoms with Gasteiger partial charge in [-0.15, -0.1) is 0 Å². The van der Waals surface area contributed by atoms with E-state index in [9.17, 15) is 0 Å². The Kier molecular flexibility index (Phi) is 8.50. The van der Waals surface area contributed by atoms with Crippen LogP contribution in [0.1, 0.15) is 110 Å². The van der Waals surface area contributed by atoms with Gasteiger partial charge in [0.25, 0.3) is 0 Å². The maximum atomic E-state index is 6.46. The van der Waals surface area contributed by atoms with Gasteiger partial charge in [-0.05, 0) is 0 Å². The molecule has 4 aromatic carbocycles. The number of rotatable bonds is 6. The van der Waals surface area contributed by atoms with Gasteiger partial charge in [-0.25, -0.2) is 0 Å². The molecule has 2 heterocycles. The minimum absolute atomic E-state index is 0.117. The normalized spacial score (nSPS) is 16.9. The van der Waals surface area contributed by atoms with Crippen molar-refractivity contribution in [2.45, 2.75) is 78.1 Å². The Morgan fingerprint density at radius 3 is 1.20 bits per heavy atom. The van der Waals surface area contributed by atoms with Crippen LogP contribution in [0.4, 0.5) is 0 Å². The molecule has 0 N–H and O–H groups in total. The van der Waals surface area contributed by atoms with E-state index in [4.69, 9.17) is 8.83 Å². The molecule has 2 aliphatic rings. The second kappa shape index (κ2) is 12.8. The SMILES string of the molecule is Cc1ccc(C2[C]([Hf][C]3=Cc4c(-c5ccc(C(C)(C)C)cc5)cccc4C3c3ccc(C)o3)=Cc3c(-c4ccc(C(C)(C)C)cc4)cccc32)o1. The fourth-order valence-electron chi connectivity index (χ4n) is 7.82. The van der Waals surface area contributed by atoms with Gasteiger partial charge in [0.2, 0.25) is 0 Å². The molecule has 2 nitrogen and oxygen atoms in total. The molecule has 51 heavy (non-hydrogen) atoms. The molecule has 2 aromatic heterocycles. The molecule has 0 saturated heterocycles. The minimum atomic E-state index is -1.68. The van der Waals surface area contributed by atoms with Crippen LogP contribution in [0.5, 0.6) is 0 Å². The maximum absolute atomic E-state index is 6.46. The van der Waals surface area contributed by atoms with E-state index in [0.717, 1.165) is 23.0 Å². The van der Waals surface area contributed by atoms with E-state index in [0.29, 0.717) is 0 Å². The molecule has 3 heteroatoms. The molecule has 8 rings (SSSR count). The number of fused-ring (bicyclic) bond motifs is 2. The van der Waals surface area contributed by atoms with E-state index in [-0.39, 0.29) is 22.7 Å². The number of allylic oxidation sites excluding steroid dienone is 2. The van der Waals surface area contributed by atoms with Crippen LogP contribution >= 0.6 is 0 Å². The van der Waals surface area contributed by atoms with E-state index < -0.39 is 22.9 Å². The second-order valence-electron chi connectivity index (χ2n) is 16.4. The summed E-state index contributed by atoms with van der Waals surface area (Å²) >= 11 is -1.68. The van der Waals surface area contributed by atoms with Crippen LogP contribution in [0, 0.1) is 13.8 Å². The predicted octanol–water partition coefficient (Wildman–Crippen LogP) is 13.2. The summed E-state index contributed by atoms with van der Waals surface area (Å²) in [6.07, 6.45) is 5.07. The zero-order valence-electron chi connectivity index (χ0n) is 31.0. The van der Waals surface area contributed by atoms with Crippen LogP contribution in [0.25, 0.3) is 34.4 Å². The number of benzene rings is 4. The Hall–Kier alpha value is -4.21. The summed E-state index contributed by atoms with van der Waals surface area (Å²) in [5, 5.41) is 0. The first-order valence-corrected chi connectivity index (χ1v) is 21.7. The fourth-order valence-corrected chi connectivity index (χ4v) is 13.8. The van der Waals surface area contributed by atoms with Crippen molar-refractivity contribution in [3.63, 3.8) is 0 Å². The summed E-state index contributed by atoms with van der Waals surface area (Å²) in [7, 11) is 0. The van der Waals surface area contributed by atoms with Crippen LogP contribution < -0.4 is 0 Å². The van der Waals surface area contributed by atoms with Crippen molar-refractivity contribution < 1.29 is 31.7 Å². The van der Waals surface area contributed by atoms with Crippen molar-refractivity contribution in [3.05, 3.63) is 172 Å². The number of aryl methyl sites for hydroxylation is 2. The molecule has 0 spiro atoms. The van der Waals surface area contributed by atoms with Gasteiger partial charge in [0.05, 0.1) is 0 Å². The molecule has 254 valence electrons. The van der Waals surface area contributed by atoms with E-state index >= 15 is 0 Å². The summed E-state index contributed by atoms with van der Waals surface area (Å²) in [4.78, 5) is 0. The Balaban J connectivity index is 1.24. The molecule has 0 fully saturated rings.